The minimum atomic E-state index is -0.994. The van der Waals surface area contributed by atoms with Gasteiger partial charge in [0.2, 0.25) is 0 Å². The SMILES string of the molecule is OC[C@H]1N[C@@H](c2c[nH]c3cncnc23)[C@H](O)[C@@H]1O. The lowest BCUT2D eigenvalue weighted by atomic mass is 10.0. The number of aromatic amines is 1. The number of fused-ring (bicyclic) bond motifs is 1. The zero-order valence-corrected chi connectivity index (χ0v) is 9.48. The third kappa shape index (κ3) is 1.60. The summed E-state index contributed by atoms with van der Waals surface area (Å²) in [5.74, 6) is 0. The zero-order chi connectivity index (χ0) is 12.7. The predicted molar refractivity (Wildman–Crippen MR) is 62.7 cm³/mol. The molecule has 0 aromatic carbocycles. The fraction of sp³-hybridized carbons (Fsp3) is 0.455. The molecule has 96 valence electrons. The standard InChI is InChI=1S/C11H14N4O3/c16-3-7-10(17)11(18)9(15-7)5-1-13-6-2-12-4-14-8(5)6/h1-2,4,7,9-11,13,15-18H,3H2/t7-,9+,10-,11+/m1/s1. The molecule has 1 fully saturated rings. The van der Waals surface area contributed by atoms with Crippen LogP contribution in [0.5, 0.6) is 0 Å². The van der Waals surface area contributed by atoms with Gasteiger partial charge in [-0.3, -0.25) is 0 Å². The normalized spacial score (nSPS) is 32.2. The molecule has 0 radical (unpaired) electrons. The summed E-state index contributed by atoms with van der Waals surface area (Å²) in [5.41, 5.74) is 2.23. The van der Waals surface area contributed by atoms with Crippen molar-refractivity contribution in [3.8, 4) is 0 Å². The van der Waals surface area contributed by atoms with Gasteiger partial charge in [0.1, 0.15) is 12.4 Å². The van der Waals surface area contributed by atoms with E-state index in [2.05, 4.69) is 20.3 Å². The molecule has 7 nitrogen and oxygen atoms in total. The van der Waals surface area contributed by atoms with Crippen LogP contribution in [0.1, 0.15) is 11.6 Å². The lowest BCUT2D eigenvalue weighted by Crippen LogP contribution is -2.35. The second kappa shape index (κ2) is 4.29. The Morgan fingerprint density at radius 1 is 1.28 bits per heavy atom. The Balaban J connectivity index is 2.00. The molecule has 2 aromatic rings. The van der Waals surface area contributed by atoms with Gasteiger partial charge in [0.25, 0.3) is 0 Å². The maximum atomic E-state index is 10.0. The molecular weight excluding hydrogens is 236 g/mol. The van der Waals surface area contributed by atoms with Crippen molar-refractivity contribution in [3.63, 3.8) is 0 Å². The summed E-state index contributed by atoms with van der Waals surface area (Å²) in [6.45, 7) is -0.230. The van der Waals surface area contributed by atoms with E-state index in [-0.39, 0.29) is 6.61 Å². The Labute approximate surface area is 103 Å². The monoisotopic (exact) mass is 250 g/mol. The second-order valence-electron chi connectivity index (χ2n) is 4.44. The summed E-state index contributed by atoms with van der Waals surface area (Å²) >= 11 is 0. The third-order valence-corrected chi connectivity index (χ3v) is 3.40. The fourth-order valence-corrected chi connectivity index (χ4v) is 2.42. The summed E-state index contributed by atoms with van der Waals surface area (Å²) in [4.78, 5) is 11.1. The molecule has 3 rings (SSSR count). The Morgan fingerprint density at radius 3 is 2.83 bits per heavy atom. The number of hydrogen-bond acceptors (Lipinski definition) is 6. The van der Waals surface area contributed by atoms with Crippen LogP contribution in [0.15, 0.2) is 18.7 Å². The molecule has 0 spiro atoms. The van der Waals surface area contributed by atoms with E-state index in [1.807, 2.05) is 0 Å². The van der Waals surface area contributed by atoms with Crippen LogP contribution in [-0.4, -0.2) is 55.1 Å². The van der Waals surface area contributed by atoms with Gasteiger partial charge in [-0.1, -0.05) is 0 Å². The zero-order valence-electron chi connectivity index (χ0n) is 9.48. The summed E-state index contributed by atoms with van der Waals surface area (Å²) in [5, 5.41) is 31.9. The number of H-pyrrole nitrogens is 1. The van der Waals surface area contributed by atoms with Crippen LogP contribution >= 0.6 is 0 Å². The van der Waals surface area contributed by atoms with Gasteiger partial charge in [-0.15, -0.1) is 0 Å². The first kappa shape index (κ1) is 11.5. The predicted octanol–water partition coefficient (Wildman–Crippen LogP) is -1.32. The third-order valence-electron chi connectivity index (χ3n) is 3.40. The number of aromatic nitrogens is 3. The first-order chi connectivity index (χ1) is 8.72. The molecule has 3 heterocycles. The molecule has 18 heavy (non-hydrogen) atoms. The first-order valence-corrected chi connectivity index (χ1v) is 5.72. The molecule has 1 saturated heterocycles. The van der Waals surface area contributed by atoms with E-state index in [9.17, 15) is 10.2 Å². The van der Waals surface area contributed by atoms with E-state index in [1.165, 1.54) is 6.33 Å². The quantitative estimate of drug-likeness (QED) is 0.452. The van der Waals surface area contributed by atoms with Crippen LogP contribution in [0.2, 0.25) is 0 Å². The van der Waals surface area contributed by atoms with Gasteiger partial charge in [-0.25, -0.2) is 9.97 Å². The van der Waals surface area contributed by atoms with Crippen molar-refractivity contribution < 1.29 is 15.3 Å². The van der Waals surface area contributed by atoms with Gasteiger partial charge in [-0.2, -0.15) is 0 Å². The molecular formula is C11H14N4O3. The summed E-state index contributed by atoms with van der Waals surface area (Å²) in [7, 11) is 0. The lowest BCUT2D eigenvalue weighted by molar-refractivity contribution is 0.0196. The molecule has 5 N–H and O–H groups in total. The molecule has 1 aliphatic heterocycles. The largest absolute Gasteiger partial charge is 0.395 e. The molecule has 1 aliphatic rings. The van der Waals surface area contributed by atoms with Crippen LogP contribution < -0.4 is 5.32 Å². The maximum absolute atomic E-state index is 10.0. The Hall–Kier alpha value is -1.54. The van der Waals surface area contributed by atoms with Crippen molar-refractivity contribution in [2.45, 2.75) is 24.3 Å². The Kier molecular flexibility index (Phi) is 2.75. The van der Waals surface area contributed by atoms with Crippen molar-refractivity contribution in [3.05, 3.63) is 24.3 Å². The number of nitrogens with zero attached hydrogens (tertiary/aromatic N) is 2. The van der Waals surface area contributed by atoms with Gasteiger partial charge in [0.15, 0.2) is 0 Å². The Morgan fingerprint density at radius 2 is 2.11 bits per heavy atom. The first-order valence-electron chi connectivity index (χ1n) is 5.72. The fourth-order valence-electron chi connectivity index (χ4n) is 2.42. The van der Waals surface area contributed by atoms with Crippen LogP contribution in [-0.2, 0) is 0 Å². The molecule has 0 unspecified atom stereocenters. The number of aliphatic hydroxyl groups is 3. The summed E-state index contributed by atoms with van der Waals surface area (Å²) in [6.07, 6.45) is 2.84. The van der Waals surface area contributed by atoms with Crippen LogP contribution in [0, 0.1) is 0 Å². The number of nitrogens with one attached hydrogen (secondary N) is 2. The highest BCUT2D eigenvalue weighted by Gasteiger charge is 2.42. The van der Waals surface area contributed by atoms with E-state index in [0.29, 0.717) is 5.52 Å². The van der Waals surface area contributed by atoms with Crippen molar-refractivity contribution in [2.75, 3.05) is 6.61 Å². The molecule has 2 aromatic heterocycles. The smallest absolute Gasteiger partial charge is 0.116 e. The van der Waals surface area contributed by atoms with E-state index < -0.39 is 24.3 Å². The van der Waals surface area contributed by atoms with Crippen molar-refractivity contribution in [1.82, 2.24) is 20.3 Å². The molecule has 0 aliphatic carbocycles. The summed E-state index contributed by atoms with van der Waals surface area (Å²) < 4.78 is 0. The van der Waals surface area contributed by atoms with Gasteiger partial charge in [0, 0.05) is 11.8 Å². The van der Waals surface area contributed by atoms with E-state index in [1.54, 1.807) is 12.4 Å². The molecule has 0 amide bonds. The highest BCUT2D eigenvalue weighted by molar-refractivity contribution is 5.78. The average molecular weight is 250 g/mol. The van der Waals surface area contributed by atoms with Crippen LogP contribution in [0.3, 0.4) is 0 Å². The molecule has 7 heteroatoms. The van der Waals surface area contributed by atoms with E-state index >= 15 is 0 Å². The number of rotatable bonds is 2. The minimum Gasteiger partial charge on any atom is -0.395 e. The second-order valence-corrected chi connectivity index (χ2v) is 4.44. The van der Waals surface area contributed by atoms with Crippen LogP contribution in [0.25, 0.3) is 11.0 Å². The van der Waals surface area contributed by atoms with Gasteiger partial charge in [0.05, 0.1) is 42.0 Å². The van der Waals surface area contributed by atoms with Crippen molar-refractivity contribution in [1.29, 1.82) is 0 Å². The van der Waals surface area contributed by atoms with Gasteiger partial charge >= 0.3 is 0 Å². The summed E-state index contributed by atoms with van der Waals surface area (Å²) in [6, 6.07) is -0.988. The highest BCUT2D eigenvalue weighted by Crippen LogP contribution is 2.31. The van der Waals surface area contributed by atoms with E-state index in [0.717, 1.165) is 11.1 Å². The van der Waals surface area contributed by atoms with Gasteiger partial charge < -0.3 is 25.6 Å². The van der Waals surface area contributed by atoms with Gasteiger partial charge in [-0.05, 0) is 0 Å². The van der Waals surface area contributed by atoms with E-state index in [4.69, 9.17) is 5.11 Å². The number of hydrogen-bond donors (Lipinski definition) is 5. The average Bonchev–Trinajstić information content (AvgIpc) is 2.93. The lowest BCUT2D eigenvalue weighted by Gasteiger charge is -2.14. The minimum absolute atomic E-state index is 0.230. The number of aliphatic hydroxyl groups excluding tert-OH is 3. The highest BCUT2D eigenvalue weighted by atomic mass is 16.3. The molecule has 0 saturated carbocycles. The maximum Gasteiger partial charge on any atom is 0.116 e. The molecule has 4 atom stereocenters. The Bertz CT molecular complexity index is 558. The van der Waals surface area contributed by atoms with Crippen LogP contribution in [0.4, 0.5) is 0 Å². The topological polar surface area (TPSA) is 114 Å². The van der Waals surface area contributed by atoms with Crippen molar-refractivity contribution >= 4 is 11.0 Å². The molecule has 0 bridgehead atoms. The van der Waals surface area contributed by atoms with Crippen molar-refractivity contribution in [2.24, 2.45) is 0 Å².